The molecule has 2 rings (SSSR count). The van der Waals surface area contributed by atoms with Crippen LogP contribution in [-0.2, 0) is 4.84 Å². The van der Waals surface area contributed by atoms with Crippen LogP contribution in [0.4, 0.5) is 8.78 Å². The van der Waals surface area contributed by atoms with E-state index in [4.69, 9.17) is 16.4 Å². The molecule has 1 amide bonds. The molecule has 3 nitrogen and oxygen atoms in total. The van der Waals surface area contributed by atoms with Gasteiger partial charge in [-0.1, -0.05) is 11.6 Å². The molecule has 0 aromatic heterocycles. The third kappa shape index (κ3) is 2.56. The van der Waals surface area contributed by atoms with Crippen LogP contribution in [0.25, 0.3) is 0 Å². The number of carbonyl (C=O) groups is 1. The van der Waals surface area contributed by atoms with Gasteiger partial charge in [0.05, 0.1) is 17.2 Å². The molecule has 0 radical (unpaired) electrons. The minimum atomic E-state index is -0.851. The Morgan fingerprint density at radius 1 is 1.29 bits per heavy atom. The van der Waals surface area contributed by atoms with E-state index in [0.29, 0.717) is 13.2 Å². The smallest absolute Gasteiger partial charge is 0.271 e. The van der Waals surface area contributed by atoms with E-state index < -0.39 is 17.5 Å². The quantitative estimate of drug-likeness (QED) is 0.728. The van der Waals surface area contributed by atoms with Gasteiger partial charge < -0.3 is 0 Å². The highest BCUT2D eigenvalue weighted by molar-refractivity contribution is 6.30. The summed E-state index contributed by atoms with van der Waals surface area (Å²) in [5.74, 6) is -2.36. The van der Waals surface area contributed by atoms with Gasteiger partial charge >= 0.3 is 0 Å². The second-order valence-electron chi connectivity index (χ2n) is 3.69. The Labute approximate surface area is 102 Å². The van der Waals surface area contributed by atoms with Crippen molar-refractivity contribution in [3.05, 3.63) is 34.4 Å². The maximum Gasteiger partial charge on any atom is 0.280 e. The lowest BCUT2D eigenvalue weighted by atomic mass is 10.2. The average Bonchev–Trinajstić information content (AvgIpc) is 2.34. The molecule has 1 heterocycles. The van der Waals surface area contributed by atoms with Gasteiger partial charge in [0.25, 0.3) is 5.91 Å². The van der Waals surface area contributed by atoms with Gasteiger partial charge in [0.2, 0.25) is 0 Å². The van der Waals surface area contributed by atoms with Gasteiger partial charge in [-0.15, -0.1) is 0 Å². The molecule has 0 unspecified atom stereocenters. The minimum Gasteiger partial charge on any atom is -0.271 e. The summed E-state index contributed by atoms with van der Waals surface area (Å²) in [6.07, 6.45) is 1.63. The Morgan fingerprint density at radius 2 is 2.06 bits per heavy atom. The normalized spacial score (nSPS) is 16.1. The molecule has 1 aromatic rings. The molecule has 1 fully saturated rings. The van der Waals surface area contributed by atoms with Crippen LogP contribution in [-0.4, -0.2) is 24.1 Å². The zero-order chi connectivity index (χ0) is 12.4. The first kappa shape index (κ1) is 12.3. The molecule has 1 aromatic carbocycles. The first-order valence-electron chi connectivity index (χ1n) is 5.19. The lowest BCUT2D eigenvalue weighted by molar-refractivity contribution is -0.144. The monoisotopic (exact) mass is 261 g/mol. The Hall–Kier alpha value is -1.20. The standard InChI is InChI=1S/C11H10ClF2NO2/c12-8-6-9(13)7(5-10(8)14)11(16)15-3-1-2-4-17-15/h5-6H,1-4H2. The lowest BCUT2D eigenvalue weighted by Gasteiger charge is -2.25. The highest BCUT2D eigenvalue weighted by Crippen LogP contribution is 2.21. The molecule has 17 heavy (non-hydrogen) atoms. The number of hydrogen-bond acceptors (Lipinski definition) is 2. The third-order valence-electron chi connectivity index (χ3n) is 2.47. The predicted octanol–water partition coefficient (Wildman–Crippen LogP) is 2.79. The Morgan fingerprint density at radius 3 is 2.71 bits per heavy atom. The number of hydrogen-bond donors (Lipinski definition) is 0. The molecule has 0 aliphatic carbocycles. The molecule has 0 atom stereocenters. The molecule has 0 bridgehead atoms. The summed E-state index contributed by atoms with van der Waals surface area (Å²) in [7, 11) is 0. The predicted molar refractivity (Wildman–Crippen MR) is 57.6 cm³/mol. The number of amides is 1. The summed E-state index contributed by atoms with van der Waals surface area (Å²) >= 11 is 5.41. The van der Waals surface area contributed by atoms with Crippen LogP contribution in [0.1, 0.15) is 23.2 Å². The molecular weight excluding hydrogens is 252 g/mol. The first-order chi connectivity index (χ1) is 8.09. The number of halogens is 3. The van der Waals surface area contributed by atoms with Crippen LogP contribution in [0, 0.1) is 11.6 Å². The van der Waals surface area contributed by atoms with Crippen LogP contribution in [0.5, 0.6) is 0 Å². The van der Waals surface area contributed by atoms with E-state index in [2.05, 4.69) is 0 Å². The fourth-order valence-corrected chi connectivity index (χ4v) is 1.73. The molecule has 1 aliphatic rings. The van der Waals surface area contributed by atoms with Gasteiger partial charge in [-0.2, -0.15) is 0 Å². The summed E-state index contributed by atoms with van der Waals surface area (Å²) in [6.45, 7) is 0.784. The number of rotatable bonds is 1. The van der Waals surface area contributed by atoms with Gasteiger partial charge in [-0.05, 0) is 25.0 Å². The summed E-state index contributed by atoms with van der Waals surface area (Å²) < 4.78 is 26.7. The number of benzene rings is 1. The van der Waals surface area contributed by atoms with E-state index >= 15 is 0 Å². The maximum absolute atomic E-state index is 13.5. The van der Waals surface area contributed by atoms with E-state index in [0.717, 1.165) is 30.0 Å². The van der Waals surface area contributed by atoms with Crippen molar-refractivity contribution in [2.45, 2.75) is 12.8 Å². The zero-order valence-electron chi connectivity index (χ0n) is 8.88. The van der Waals surface area contributed by atoms with Gasteiger partial charge in [-0.25, -0.2) is 13.8 Å². The number of carbonyl (C=O) groups excluding carboxylic acids is 1. The van der Waals surface area contributed by atoms with E-state index in [1.165, 1.54) is 0 Å². The highest BCUT2D eigenvalue weighted by atomic mass is 35.5. The van der Waals surface area contributed by atoms with Crippen molar-refractivity contribution in [1.82, 2.24) is 5.06 Å². The Balaban J connectivity index is 2.26. The summed E-state index contributed by atoms with van der Waals surface area (Å²) in [5.41, 5.74) is -0.367. The third-order valence-corrected chi connectivity index (χ3v) is 2.76. The molecule has 6 heteroatoms. The zero-order valence-corrected chi connectivity index (χ0v) is 9.64. The molecule has 0 N–H and O–H groups in total. The van der Waals surface area contributed by atoms with Crippen LogP contribution in [0.2, 0.25) is 5.02 Å². The van der Waals surface area contributed by atoms with Crippen molar-refractivity contribution < 1.29 is 18.4 Å². The van der Waals surface area contributed by atoms with Crippen molar-refractivity contribution >= 4 is 17.5 Å². The maximum atomic E-state index is 13.5. The molecule has 1 aliphatic heterocycles. The van der Waals surface area contributed by atoms with Crippen molar-refractivity contribution in [3.63, 3.8) is 0 Å². The average molecular weight is 262 g/mol. The summed E-state index contributed by atoms with van der Waals surface area (Å²) in [6, 6.07) is 1.58. The largest absolute Gasteiger partial charge is 0.280 e. The highest BCUT2D eigenvalue weighted by Gasteiger charge is 2.23. The summed E-state index contributed by atoms with van der Waals surface area (Å²) in [5, 5.41) is 0.702. The second-order valence-corrected chi connectivity index (χ2v) is 4.10. The van der Waals surface area contributed by atoms with Gasteiger partial charge in [0.1, 0.15) is 11.6 Å². The van der Waals surface area contributed by atoms with Crippen molar-refractivity contribution in [2.24, 2.45) is 0 Å². The van der Waals surface area contributed by atoms with E-state index in [1.54, 1.807) is 0 Å². The molecule has 0 spiro atoms. The molecule has 92 valence electrons. The van der Waals surface area contributed by atoms with Gasteiger partial charge in [0.15, 0.2) is 0 Å². The minimum absolute atomic E-state index is 0.349. The van der Waals surface area contributed by atoms with Gasteiger partial charge in [0, 0.05) is 6.54 Å². The van der Waals surface area contributed by atoms with Crippen molar-refractivity contribution in [1.29, 1.82) is 0 Å². The van der Waals surface area contributed by atoms with Crippen LogP contribution in [0.15, 0.2) is 12.1 Å². The topological polar surface area (TPSA) is 29.5 Å². The number of hydroxylamine groups is 2. The SMILES string of the molecule is O=C(c1cc(F)c(Cl)cc1F)N1CCCCO1. The first-order valence-corrected chi connectivity index (χ1v) is 5.56. The van der Waals surface area contributed by atoms with E-state index in [9.17, 15) is 13.6 Å². The van der Waals surface area contributed by atoms with Gasteiger partial charge in [-0.3, -0.25) is 9.63 Å². The second kappa shape index (κ2) is 4.98. The van der Waals surface area contributed by atoms with Crippen molar-refractivity contribution in [3.8, 4) is 0 Å². The lowest BCUT2D eigenvalue weighted by Crippen LogP contribution is -2.36. The van der Waals surface area contributed by atoms with Crippen LogP contribution >= 0.6 is 11.6 Å². The van der Waals surface area contributed by atoms with Crippen LogP contribution in [0.3, 0.4) is 0 Å². The van der Waals surface area contributed by atoms with E-state index in [1.807, 2.05) is 0 Å². The fourth-order valence-electron chi connectivity index (χ4n) is 1.58. The molecule has 0 saturated carbocycles. The fraction of sp³-hybridized carbons (Fsp3) is 0.364. The van der Waals surface area contributed by atoms with Crippen LogP contribution < -0.4 is 0 Å². The Bertz CT molecular complexity index is 447. The van der Waals surface area contributed by atoms with E-state index in [-0.39, 0.29) is 10.6 Å². The molecule has 1 saturated heterocycles. The van der Waals surface area contributed by atoms with Crippen molar-refractivity contribution in [2.75, 3.05) is 13.2 Å². The Kier molecular flexibility index (Phi) is 3.59. The number of nitrogens with zero attached hydrogens (tertiary/aromatic N) is 1. The summed E-state index contributed by atoms with van der Waals surface area (Å²) in [4.78, 5) is 16.9. The molecular formula is C11H10ClF2NO2.